The molecule has 0 aromatic carbocycles. The van der Waals surface area contributed by atoms with Gasteiger partial charge in [0, 0.05) is 0 Å². The van der Waals surface area contributed by atoms with Gasteiger partial charge in [0.05, 0.1) is 0 Å². The Morgan fingerprint density at radius 3 is 2.27 bits per heavy atom. The summed E-state index contributed by atoms with van der Waals surface area (Å²) in [5.74, 6) is 1.57. The summed E-state index contributed by atoms with van der Waals surface area (Å²) in [7, 11) is 0. The van der Waals surface area contributed by atoms with Gasteiger partial charge < -0.3 is 0 Å². The molecule has 0 saturated carbocycles. The minimum Gasteiger partial charge on any atom is -0.0785 e. The van der Waals surface area contributed by atoms with E-state index >= 15 is 0 Å². The van der Waals surface area contributed by atoms with Gasteiger partial charge in [-0.25, -0.2) is 0 Å². The summed E-state index contributed by atoms with van der Waals surface area (Å²) < 4.78 is 0. The van der Waals surface area contributed by atoms with Crippen LogP contribution in [0.4, 0.5) is 0 Å². The second-order valence-corrected chi connectivity index (χ2v) is 5.04. The fourth-order valence-corrected chi connectivity index (χ4v) is 1.87. The first-order valence-corrected chi connectivity index (χ1v) is 6.11. The fourth-order valence-electron chi connectivity index (χ4n) is 1.87. The van der Waals surface area contributed by atoms with Crippen molar-refractivity contribution in [1.82, 2.24) is 0 Å². The van der Waals surface area contributed by atoms with Crippen LogP contribution in [-0.4, -0.2) is 0 Å². The normalized spacial score (nSPS) is 18.2. The van der Waals surface area contributed by atoms with Crippen molar-refractivity contribution in [3.8, 4) is 0 Å². The van der Waals surface area contributed by atoms with Gasteiger partial charge in [-0.15, -0.1) is 0 Å². The van der Waals surface area contributed by atoms with Gasteiger partial charge in [0.2, 0.25) is 0 Å². The van der Waals surface area contributed by atoms with E-state index in [2.05, 4.69) is 58.7 Å². The third-order valence-corrected chi connectivity index (χ3v) is 3.73. The zero-order valence-corrected chi connectivity index (χ0v) is 11.1. The zero-order valence-electron chi connectivity index (χ0n) is 11.1. The second kappa shape index (κ2) is 6.72. The van der Waals surface area contributed by atoms with Crippen molar-refractivity contribution in [2.24, 2.45) is 17.3 Å². The Labute approximate surface area is 95.8 Å². The highest BCUT2D eigenvalue weighted by atomic mass is 14.3. The van der Waals surface area contributed by atoms with E-state index in [4.69, 9.17) is 0 Å². The van der Waals surface area contributed by atoms with Gasteiger partial charge in [0.25, 0.3) is 0 Å². The highest BCUT2D eigenvalue weighted by Gasteiger charge is 2.23. The molecule has 0 fully saturated rings. The Hall–Kier alpha value is -0.700. The van der Waals surface area contributed by atoms with E-state index in [9.17, 15) is 0 Å². The number of hydrogen-bond donors (Lipinski definition) is 0. The SMILES string of the molecule is C=C=C=CC(C)(CC)CC(C)C(C)CC. The maximum absolute atomic E-state index is 3.56. The second-order valence-electron chi connectivity index (χ2n) is 5.04. The van der Waals surface area contributed by atoms with Crippen LogP contribution in [0.2, 0.25) is 0 Å². The van der Waals surface area contributed by atoms with Crippen molar-refractivity contribution >= 4 is 0 Å². The van der Waals surface area contributed by atoms with Crippen molar-refractivity contribution in [1.29, 1.82) is 0 Å². The molecule has 15 heavy (non-hydrogen) atoms. The van der Waals surface area contributed by atoms with Gasteiger partial charge in [-0.1, -0.05) is 52.5 Å². The van der Waals surface area contributed by atoms with E-state index in [1.807, 2.05) is 0 Å². The summed E-state index contributed by atoms with van der Waals surface area (Å²) in [4.78, 5) is 0. The van der Waals surface area contributed by atoms with Crippen molar-refractivity contribution in [3.05, 3.63) is 24.1 Å². The average Bonchev–Trinajstić information content (AvgIpc) is 2.25. The summed E-state index contributed by atoms with van der Waals surface area (Å²) >= 11 is 0. The van der Waals surface area contributed by atoms with E-state index in [0.29, 0.717) is 0 Å². The van der Waals surface area contributed by atoms with Gasteiger partial charge in [0.15, 0.2) is 0 Å². The zero-order chi connectivity index (χ0) is 11.9. The molecule has 0 heterocycles. The Morgan fingerprint density at radius 1 is 1.27 bits per heavy atom. The lowest BCUT2D eigenvalue weighted by Crippen LogP contribution is -2.19. The molecule has 0 aromatic heterocycles. The third-order valence-electron chi connectivity index (χ3n) is 3.73. The lowest BCUT2D eigenvalue weighted by molar-refractivity contribution is 0.248. The highest BCUT2D eigenvalue weighted by Crippen LogP contribution is 2.34. The molecular formula is C15H26. The van der Waals surface area contributed by atoms with E-state index < -0.39 is 0 Å². The lowest BCUT2D eigenvalue weighted by atomic mass is 9.75. The molecule has 0 aliphatic carbocycles. The van der Waals surface area contributed by atoms with Crippen LogP contribution in [0, 0.1) is 17.3 Å². The summed E-state index contributed by atoms with van der Waals surface area (Å²) in [6.07, 6.45) is 5.79. The molecule has 3 atom stereocenters. The van der Waals surface area contributed by atoms with Crippen molar-refractivity contribution < 1.29 is 0 Å². The molecule has 0 radical (unpaired) electrons. The lowest BCUT2D eigenvalue weighted by Gasteiger charge is -2.29. The molecule has 0 rings (SSSR count). The number of hydrogen-bond acceptors (Lipinski definition) is 0. The Kier molecular flexibility index (Phi) is 6.41. The fraction of sp³-hybridized carbons (Fsp3) is 0.733. The van der Waals surface area contributed by atoms with Crippen LogP contribution in [0.1, 0.15) is 53.9 Å². The van der Waals surface area contributed by atoms with Gasteiger partial charge >= 0.3 is 0 Å². The molecule has 0 aromatic rings. The summed E-state index contributed by atoms with van der Waals surface area (Å²) in [5, 5.41) is 0. The summed E-state index contributed by atoms with van der Waals surface area (Å²) in [6, 6.07) is 0. The standard InChI is InChI=1S/C15H26/c1-7-10-11-15(6,9-3)12-14(5)13(4)8-2/h11,13-14H,1,8-9,12H2,2-6H3. The molecule has 0 bridgehead atoms. The van der Waals surface area contributed by atoms with Crippen LogP contribution in [0.15, 0.2) is 24.1 Å². The van der Waals surface area contributed by atoms with Crippen molar-refractivity contribution in [2.75, 3.05) is 0 Å². The maximum Gasteiger partial charge on any atom is -0.00643 e. The predicted octanol–water partition coefficient (Wildman–Crippen LogP) is 4.97. The van der Waals surface area contributed by atoms with Gasteiger partial charge in [0.1, 0.15) is 0 Å². The van der Waals surface area contributed by atoms with Crippen molar-refractivity contribution in [3.63, 3.8) is 0 Å². The van der Waals surface area contributed by atoms with E-state index in [1.165, 1.54) is 12.8 Å². The van der Waals surface area contributed by atoms with Crippen LogP contribution in [0.25, 0.3) is 0 Å². The van der Waals surface area contributed by atoms with Crippen LogP contribution in [0.5, 0.6) is 0 Å². The van der Waals surface area contributed by atoms with E-state index in [0.717, 1.165) is 18.3 Å². The molecule has 0 nitrogen and oxygen atoms in total. The molecule has 0 spiro atoms. The first-order valence-electron chi connectivity index (χ1n) is 6.11. The smallest absolute Gasteiger partial charge is 0.00643 e. The third kappa shape index (κ3) is 5.07. The van der Waals surface area contributed by atoms with Crippen molar-refractivity contribution in [2.45, 2.75) is 53.9 Å². The van der Waals surface area contributed by atoms with Crippen LogP contribution < -0.4 is 0 Å². The Morgan fingerprint density at radius 2 is 1.87 bits per heavy atom. The van der Waals surface area contributed by atoms with Crippen LogP contribution in [0.3, 0.4) is 0 Å². The quantitative estimate of drug-likeness (QED) is 0.538. The number of rotatable bonds is 6. The van der Waals surface area contributed by atoms with Crippen LogP contribution in [-0.2, 0) is 0 Å². The van der Waals surface area contributed by atoms with Crippen LogP contribution >= 0.6 is 0 Å². The molecule has 0 amide bonds. The minimum absolute atomic E-state index is 0.257. The number of allylic oxidation sites excluding steroid dienone is 1. The molecule has 0 heteroatoms. The summed E-state index contributed by atoms with van der Waals surface area (Å²) in [6.45, 7) is 15.1. The predicted molar refractivity (Wildman–Crippen MR) is 68.9 cm³/mol. The Balaban J connectivity index is 4.56. The molecular weight excluding hydrogens is 180 g/mol. The molecule has 3 unspecified atom stereocenters. The molecule has 86 valence electrons. The van der Waals surface area contributed by atoms with Gasteiger partial charge in [-0.2, -0.15) is 0 Å². The molecule has 0 N–H and O–H groups in total. The first kappa shape index (κ1) is 14.3. The van der Waals surface area contributed by atoms with Gasteiger partial charge in [-0.3, -0.25) is 0 Å². The minimum atomic E-state index is 0.257. The molecule has 0 aliphatic rings. The topological polar surface area (TPSA) is 0 Å². The highest BCUT2D eigenvalue weighted by molar-refractivity contribution is 4.96. The maximum atomic E-state index is 3.56. The summed E-state index contributed by atoms with van der Waals surface area (Å²) in [5.41, 5.74) is 5.99. The average molecular weight is 206 g/mol. The van der Waals surface area contributed by atoms with Gasteiger partial charge in [-0.05, 0) is 42.7 Å². The molecule has 0 saturated heterocycles. The first-order chi connectivity index (χ1) is 6.99. The largest absolute Gasteiger partial charge is 0.0785 e. The molecule has 0 aliphatic heterocycles. The Bertz CT molecular complexity index is 251. The monoisotopic (exact) mass is 206 g/mol. The van der Waals surface area contributed by atoms with E-state index in [1.54, 1.807) is 0 Å². The van der Waals surface area contributed by atoms with E-state index in [-0.39, 0.29) is 5.41 Å².